The quantitative estimate of drug-likeness (QED) is 0.364. The number of unbranched alkanes of at least 4 members (excludes halogenated alkanes) is 1. The van der Waals surface area contributed by atoms with E-state index in [9.17, 15) is 9.59 Å². The maximum Gasteiger partial charge on any atom is 0.257 e. The number of thiophene rings is 1. The summed E-state index contributed by atoms with van der Waals surface area (Å²) in [5.74, 6) is 0.361. The first-order chi connectivity index (χ1) is 15.6. The molecule has 1 aliphatic rings. The second kappa shape index (κ2) is 10.7. The average Bonchev–Trinajstić information content (AvgIpc) is 3.10. The third-order valence-electron chi connectivity index (χ3n) is 6.05. The summed E-state index contributed by atoms with van der Waals surface area (Å²) >= 11 is 6.88. The molecule has 2 aromatic rings. The molecule has 1 aromatic heterocycles. The number of carbonyl (C=O) groups excluding carboxylic acids is 2. The highest BCUT2D eigenvalue weighted by molar-refractivity contribution is 7.80. The van der Waals surface area contributed by atoms with Gasteiger partial charge in [0.05, 0.1) is 12.2 Å². The lowest BCUT2D eigenvalue weighted by Gasteiger charge is -2.33. The first kappa shape index (κ1) is 25.2. The van der Waals surface area contributed by atoms with Gasteiger partial charge in [-0.15, -0.1) is 11.3 Å². The minimum absolute atomic E-state index is 0.130. The predicted molar refractivity (Wildman–Crippen MR) is 138 cm³/mol. The van der Waals surface area contributed by atoms with Crippen LogP contribution in [-0.2, 0) is 12.8 Å². The number of thiocarbonyl (C=S) groups is 1. The molecule has 4 N–H and O–H groups in total. The lowest BCUT2D eigenvalue weighted by Crippen LogP contribution is -2.34. The molecule has 0 saturated carbocycles. The molecule has 3 rings (SSSR count). The zero-order chi connectivity index (χ0) is 24.2. The number of carbonyl (C=O) groups is 2. The number of anilines is 1. The molecule has 1 atom stereocenters. The highest BCUT2D eigenvalue weighted by Crippen LogP contribution is 2.44. The van der Waals surface area contributed by atoms with Gasteiger partial charge < -0.3 is 15.8 Å². The Labute approximate surface area is 205 Å². The van der Waals surface area contributed by atoms with Gasteiger partial charge in [-0.25, -0.2) is 0 Å². The summed E-state index contributed by atoms with van der Waals surface area (Å²) in [7, 11) is 0. The van der Waals surface area contributed by atoms with Crippen LogP contribution in [0.3, 0.4) is 0 Å². The van der Waals surface area contributed by atoms with Gasteiger partial charge in [-0.05, 0) is 73.0 Å². The van der Waals surface area contributed by atoms with Crippen molar-refractivity contribution in [2.24, 2.45) is 17.1 Å². The Morgan fingerprint density at radius 1 is 1.30 bits per heavy atom. The lowest BCUT2D eigenvalue weighted by atomic mass is 9.72. The summed E-state index contributed by atoms with van der Waals surface area (Å²) in [4.78, 5) is 26.1. The maximum absolute atomic E-state index is 12.7. The van der Waals surface area contributed by atoms with E-state index in [2.05, 4.69) is 38.3 Å². The summed E-state index contributed by atoms with van der Waals surface area (Å²) < 4.78 is 5.68. The predicted octanol–water partition coefficient (Wildman–Crippen LogP) is 5.30. The summed E-state index contributed by atoms with van der Waals surface area (Å²) in [6.45, 7) is 9.45. The number of hydrogen-bond acceptors (Lipinski definition) is 5. The van der Waals surface area contributed by atoms with E-state index in [1.54, 1.807) is 18.2 Å². The van der Waals surface area contributed by atoms with Crippen LogP contribution in [-0.4, -0.2) is 23.5 Å². The Morgan fingerprint density at radius 2 is 2.06 bits per heavy atom. The minimum Gasteiger partial charge on any atom is -0.494 e. The van der Waals surface area contributed by atoms with E-state index in [1.165, 1.54) is 16.2 Å². The third kappa shape index (κ3) is 6.32. The summed E-state index contributed by atoms with van der Waals surface area (Å²) in [6.07, 6.45) is 4.74. The van der Waals surface area contributed by atoms with Gasteiger partial charge in [0.1, 0.15) is 10.8 Å². The monoisotopic (exact) mass is 487 g/mol. The van der Waals surface area contributed by atoms with Gasteiger partial charge in [-0.3, -0.25) is 14.9 Å². The molecule has 6 nitrogen and oxygen atoms in total. The van der Waals surface area contributed by atoms with Gasteiger partial charge in [0.2, 0.25) is 0 Å². The van der Waals surface area contributed by atoms with Crippen LogP contribution >= 0.6 is 23.6 Å². The van der Waals surface area contributed by atoms with Gasteiger partial charge in [0, 0.05) is 10.4 Å². The Balaban J connectivity index is 1.71. The Hall–Kier alpha value is -2.45. The van der Waals surface area contributed by atoms with Crippen LogP contribution in [0.1, 0.15) is 78.1 Å². The topological polar surface area (TPSA) is 93.4 Å². The van der Waals surface area contributed by atoms with Crippen LogP contribution < -0.4 is 21.1 Å². The summed E-state index contributed by atoms with van der Waals surface area (Å²) in [5.41, 5.74) is 7.87. The average molecular weight is 488 g/mol. The molecule has 0 aliphatic heterocycles. The van der Waals surface area contributed by atoms with Gasteiger partial charge in [-0.1, -0.05) is 40.2 Å². The van der Waals surface area contributed by atoms with Crippen LogP contribution in [0.5, 0.6) is 5.75 Å². The molecule has 178 valence electrons. The summed E-state index contributed by atoms with van der Waals surface area (Å²) in [5, 5.41) is 6.48. The molecule has 1 aliphatic carbocycles. The van der Waals surface area contributed by atoms with Crippen LogP contribution in [0.15, 0.2) is 24.3 Å². The van der Waals surface area contributed by atoms with Crippen LogP contribution in [0.25, 0.3) is 0 Å². The molecule has 0 spiro atoms. The van der Waals surface area contributed by atoms with E-state index < -0.39 is 5.91 Å². The van der Waals surface area contributed by atoms with E-state index in [4.69, 9.17) is 22.7 Å². The van der Waals surface area contributed by atoms with E-state index in [-0.39, 0.29) is 16.4 Å². The molecule has 1 heterocycles. The largest absolute Gasteiger partial charge is 0.494 e. The van der Waals surface area contributed by atoms with Crippen LogP contribution in [0, 0.1) is 11.3 Å². The molecule has 8 heteroatoms. The fourth-order valence-corrected chi connectivity index (χ4v) is 5.64. The normalized spacial score (nSPS) is 15.5. The lowest BCUT2D eigenvalue weighted by molar-refractivity contribution is 0.0975. The number of nitrogens with one attached hydrogen (secondary N) is 2. The van der Waals surface area contributed by atoms with E-state index in [1.807, 2.05) is 6.07 Å². The molecule has 0 fully saturated rings. The van der Waals surface area contributed by atoms with Crippen LogP contribution in [0.2, 0.25) is 0 Å². The molecular formula is C25H33N3O3S2. The number of benzene rings is 1. The zero-order valence-electron chi connectivity index (χ0n) is 19.7. The molecule has 0 bridgehead atoms. The van der Waals surface area contributed by atoms with Crippen molar-refractivity contribution in [3.63, 3.8) is 0 Å². The van der Waals surface area contributed by atoms with Crippen molar-refractivity contribution in [1.29, 1.82) is 0 Å². The zero-order valence-corrected chi connectivity index (χ0v) is 21.4. The van der Waals surface area contributed by atoms with Crippen molar-refractivity contribution in [3.8, 4) is 5.75 Å². The molecule has 33 heavy (non-hydrogen) atoms. The van der Waals surface area contributed by atoms with Crippen molar-refractivity contribution in [2.75, 3.05) is 11.9 Å². The van der Waals surface area contributed by atoms with Crippen molar-refractivity contribution in [1.82, 2.24) is 5.32 Å². The van der Waals surface area contributed by atoms with Crippen molar-refractivity contribution >= 4 is 45.5 Å². The maximum atomic E-state index is 12.7. The molecule has 0 saturated heterocycles. The highest BCUT2D eigenvalue weighted by atomic mass is 32.1. The fraction of sp³-hybridized carbons (Fsp3) is 0.480. The third-order valence-corrected chi connectivity index (χ3v) is 7.43. The Kier molecular flexibility index (Phi) is 8.13. The molecule has 1 aromatic carbocycles. The van der Waals surface area contributed by atoms with E-state index in [0.717, 1.165) is 37.7 Å². The number of fused-ring (bicyclic) bond motifs is 1. The number of nitrogens with two attached hydrogens (primary N) is 1. The first-order valence-corrected chi connectivity index (χ1v) is 12.6. The second-order valence-corrected chi connectivity index (χ2v) is 11.0. The molecule has 0 radical (unpaired) electrons. The SMILES string of the molecule is CCCCOc1cccc(C(=O)NC(=S)Nc2sc3c(c2C(N)=O)CC[C@H](C(C)(C)C)C3)c1. The number of hydrogen-bond donors (Lipinski definition) is 3. The number of ether oxygens (including phenoxy) is 1. The standard InChI is InChI=1S/C25H33N3O3S2/c1-5-6-12-31-17-9-7-8-15(13-17)22(30)27-24(32)28-23-20(21(26)29)18-11-10-16(25(2,3)4)14-19(18)33-23/h7-9,13,16H,5-6,10-12,14H2,1-4H3,(H2,26,29)(H2,27,28,30,32)/t16-/m0/s1. The number of rotatable bonds is 7. The van der Waals surface area contributed by atoms with E-state index in [0.29, 0.717) is 34.4 Å². The Bertz CT molecular complexity index is 1040. The smallest absolute Gasteiger partial charge is 0.257 e. The van der Waals surface area contributed by atoms with Gasteiger partial charge in [-0.2, -0.15) is 0 Å². The van der Waals surface area contributed by atoms with Gasteiger partial charge >= 0.3 is 0 Å². The summed E-state index contributed by atoms with van der Waals surface area (Å²) in [6, 6.07) is 6.99. The van der Waals surface area contributed by atoms with E-state index >= 15 is 0 Å². The first-order valence-electron chi connectivity index (χ1n) is 11.4. The second-order valence-electron chi connectivity index (χ2n) is 9.52. The highest BCUT2D eigenvalue weighted by Gasteiger charge is 2.33. The molecular weight excluding hydrogens is 454 g/mol. The van der Waals surface area contributed by atoms with Gasteiger partial charge in [0.15, 0.2) is 5.11 Å². The Morgan fingerprint density at radius 3 is 2.73 bits per heavy atom. The molecule has 2 amide bonds. The number of primary amides is 1. The number of amides is 2. The van der Waals surface area contributed by atoms with Crippen LogP contribution in [0.4, 0.5) is 5.00 Å². The fourth-order valence-electron chi connectivity index (χ4n) is 4.04. The van der Waals surface area contributed by atoms with Gasteiger partial charge in [0.25, 0.3) is 11.8 Å². The van der Waals surface area contributed by atoms with Crippen molar-refractivity contribution in [2.45, 2.75) is 59.8 Å². The molecule has 0 unspecified atom stereocenters. The minimum atomic E-state index is -0.477. The van der Waals surface area contributed by atoms with Crippen molar-refractivity contribution < 1.29 is 14.3 Å². The van der Waals surface area contributed by atoms with Crippen molar-refractivity contribution in [3.05, 3.63) is 45.8 Å².